The van der Waals surface area contributed by atoms with Gasteiger partial charge in [-0.25, -0.2) is 0 Å². The summed E-state index contributed by atoms with van der Waals surface area (Å²) in [7, 11) is 0. The Morgan fingerprint density at radius 1 is 1.06 bits per heavy atom. The molecule has 2 N–H and O–H groups in total. The Bertz CT molecular complexity index is 339. The quantitative estimate of drug-likeness (QED) is 0.703. The average Bonchev–Trinajstić information content (AvgIpc) is 2.31. The van der Waals surface area contributed by atoms with E-state index in [0.717, 1.165) is 5.56 Å². The molecule has 0 aliphatic carbocycles. The molecule has 0 spiro atoms. The van der Waals surface area contributed by atoms with Crippen LogP contribution in [-0.4, -0.2) is 41.4 Å². The second-order valence-corrected chi connectivity index (χ2v) is 3.49. The Kier molecular flexibility index (Phi) is 5.43. The minimum Gasteiger partial charge on any atom is -0.395 e. The van der Waals surface area contributed by atoms with Gasteiger partial charge in [-0.3, -0.25) is 4.90 Å². The van der Waals surface area contributed by atoms with Crippen LogP contribution in [0.25, 0.3) is 4.98 Å². The minimum atomic E-state index is 0.0735. The first-order chi connectivity index (χ1) is 7.80. The van der Waals surface area contributed by atoms with E-state index in [-0.39, 0.29) is 13.2 Å². The maximum Gasteiger partial charge on any atom is 0.385 e. The van der Waals surface area contributed by atoms with Gasteiger partial charge < -0.3 is 10.2 Å². The van der Waals surface area contributed by atoms with Crippen molar-refractivity contribution in [2.75, 3.05) is 26.3 Å². The fourth-order valence-electron chi connectivity index (χ4n) is 1.48. The second kappa shape index (κ2) is 6.90. The van der Waals surface area contributed by atoms with Crippen LogP contribution in [-0.2, 0) is 6.54 Å². The molecule has 0 atom stereocenters. The van der Waals surface area contributed by atoms with Gasteiger partial charge in [-0.2, -0.15) is 0 Å². The van der Waals surface area contributed by atoms with Gasteiger partial charge in [-0.05, 0) is 17.7 Å². The van der Waals surface area contributed by atoms with Crippen LogP contribution in [0.5, 0.6) is 0 Å². The van der Waals surface area contributed by atoms with Crippen molar-refractivity contribution in [2.24, 2.45) is 0 Å². The van der Waals surface area contributed by atoms with Crippen LogP contribution in [0.3, 0.4) is 0 Å². The maximum absolute atomic E-state index is 8.85. The van der Waals surface area contributed by atoms with Crippen LogP contribution in [0.1, 0.15) is 5.56 Å². The van der Waals surface area contributed by atoms with E-state index >= 15 is 0 Å². The van der Waals surface area contributed by atoms with Crippen LogP contribution in [0, 0.1) is 5.39 Å². The van der Waals surface area contributed by atoms with Gasteiger partial charge in [-0.1, -0.05) is 0 Å². The zero-order chi connectivity index (χ0) is 11.8. The van der Waals surface area contributed by atoms with Gasteiger partial charge in [0.2, 0.25) is 5.39 Å². The van der Waals surface area contributed by atoms with Crippen LogP contribution in [0.15, 0.2) is 24.3 Å². The Morgan fingerprint density at radius 2 is 1.62 bits per heavy atom. The van der Waals surface area contributed by atoms with Gasteiger partial charge in [0.25, 0.3) is 0 Å². The third kappa shape index (κ3) is 3.95. The molecule has 86 valence electrons. The molecule has 1 aromatic carbocycles. The molecular formula is C11H16N3O2+. The van der Waals surface area contributed by atoms with E-state index in [1.807, 2.05) is 17.0 Å². The van der Waals surface area contributed by atoms with Crippen LogP contribution in [0.2, 0.25) is 0 Å². The molecule has 0 saturated heterocycles. The topological polar surface area (TPSA) is 71.9 Å². The van der Waals surface area contributed by atoms with Crippen molar-refractivity contribution >= 4 is 5.69 Å². The number of benzene rings is 1. The van der Waals surface area contributed by atoms with Gasteiger partial charge in [0.1, 0.15) is 0 Å². The molecule has 0 heterocycles. The molecular weight excluding hydrogens is 206 g/mol. The number of diazo groups is 1. The maximum atomic E-state index is 8.85. The van der Waals surface area contributed by atoms with Gasteiger partial charge in [0.15, 0.2) is 4.98 Å². The van der Waals surface area contributed by atoms with Gasteiger partial charge >= 0.3 is 5.69 Å². The summed E-state index contributed by atoms with van der Waals surface area (Å²) in [5, 5.41) is 26.2. The summed E-state index contributed by atoms with van der Waals surface area (Å²) >= 11 is 0. The van der Waals surface area contributed by atoms with E-state index < -0.39 is 0 Å². The lowest BCUT2D eigenvalue weighted by atomic mass is 10.2. The molecule has 1 aromatic rings. The fourth-order valence-corrected chi connectivity index (χ4v) is 1.48. The summed E-state index contributed by atoms with van der Waals surface area (Å²) in [5.41, 5.74) is 1.56. The summed E-state index contributed by atoms with van der Waals surface area (Å²) in [5.74, 6) is 0. The molecule has 0 fully saturated rings. The predicted octanol–water partition coefficient (Wildman–Crippen LogP) is 0.958. The monoisotopic (exact) mass is 222 g/mol. The highest BCUT2D eigenvalue weighted by Gasteiger charge is 2.07. The normalized spacial score (nSPS) is 10.4. The van der Waals surface area contributed by atoms with Gasteiger partial charge in [0.05, 0.1) is 13.2 Å². The van der Waals surface area contributed by atoms with Crippen molar-refractivity contribution < 1.29 is 10.2 Å². The highest BCUT2D eigenvalue weighted by atomic mass is 16.3. The molecule has 0 bridgehead atoms. The molecule has 0 radical (unpaired) electrons. The largest absolute Gasteiger partial charge is 0.395 e. The first-order valence-electron chi connectivity index (χ1n) is 5.18. The van der Waals surface area contributed by atoms with E-state index in [2.05, 4.69) is 4.98 Å². The summed E-state index contributed by atoms with van der Waals surface area (Å²) in [6.45, 7) is 1.88. The highest BCUT2D eigenvalue weighted by molar-refractivity contribution is 5.44. The minimum absolute atomic E-state index is 0.0735. The molecule has 1 rings (SSSR count). The fraction of sp³-hybridized carbons (Fsp3) is 0.455. The first kappa shape index (κ1) is 12.6. The third-order valence-corrected chi connectivity index (χ3v) is 2.29. The van der Waals surface area contributed by atoms with Crippen molar-refractivity contribution in [1.29, 1.82) is 5.39 Å². The summed E-state index contributed by atoms with van der Waals surface area (Å²) in [6, 6.07) is 7.14. The SMILES string of the molecule is N#[N+]c1ccc(CN(CCO)CCO)cc1. The molecule has 16 heavy (non-hydrogen) atoms. The molecule has 0 aliphatic rings. The number of rotatable bonds is 6. The Hall–Kier alpha value is -1.48. The number of hydrogen-bond donors (Lipinski definition) is 2. The van der Waals surface area contributed by atoms with E-state index in [4.69, 9.17) is 15.6 Å². The molecule has 5 heteroatoms. The molecule has 0 aromatic heterocycles. The lowest BCUT2D eigenvalue weighted by molar-refractivity contribution is 0.156. The number of aliphatic hydroxyl groups excluding tert-OH is 2. The van der Waals surface area contributed by atoms with Crippen LogP contribution >= 0.6 is 0 Å². The Morgan fingerprint density at radius 3 is 2.06 bits per heavy atom. The highest BCUT2D eigenvalue weighted by Crippen LogP contribution is 2.13. The second-order valence-electron chi connectivity index (χ2n) is 3.49. The average molecular weight is 222 g/mol. The molecule has 0 amide bonds. The number of hydrogen-bond acceptors (Lipinski definition) is 4. The number of aliphatic hydroxyl groups is 2. The van der Waals surface area contributed by atoms with E-state index in [1.54, 1.807) is 12.1 Å². The summed E-state index contributed by atoms with van der Waals surface area (Å²) in [4.78, 5) is 5.02. The molecule has 0 saturated carbocycles. The lowest BCUT2D eigenvalue weighted by Crippen LogP contribution is -2.29. The molecule has 0 unspecified atom stereocenters. The van der Waals surface area contributed by atoms with Crippen molar-refractivity contribution in [3.05, 3.63) is 34.8 Å². The standard InChI is InChI=1S/C11H16N3O2/c12-13-11-3-1-10(2-4-11)9-14(5-7-15)6-8-16/h1-4,15-16H,5-9H2/q+1. The van der Waals surface area contributed by atoms with Crippen molar-refractivity contribution in [3.63, 3.8) is 0 Å². The smallest absolute Gasteiger partial charge is 0.385 e. The van der Waals surface area contributed by atoms with Crippen molar-refractivity contribution in [3.8, 4) is 0 Å². The zero-order valence-electron chi connectivity index (χ0n) is 9.08. The first-order valence-corrected chi connectivity index (χ1v) is 5.18. The summed E-state index contributed by atoms with van der Waals surface area (Å²) < 4.78 is 0. The van der Waals surface area contributed by atoms with Crippen molar-refractivity contribution in [2.45, 2.75) is 6.54 Å². The summed E-state index contributed by atoms with van der Waals surface area (Å²) in [6.07, 6.45) is 0. The molecule has 5 nitrogen and oxygen atoms in total. The van der Waals surface area contributed by atoms with Gasteiger partial charge in [-0.15, -0.1) is 0 Å². The third-order valence-electron chi connectivity index (χ3n) is 2.29. The molecule has 0 aliphatic heterocycles. The zero-order valence-corrected chi connectivity index (χ0v) is 9.08. The van der Waals surface area contributed by atoms with Crippen molar-refractivity contribution in [1.82, 2.24) is 4.90 Å². The lowest BCUT2D eigenvalue weighted by Gasteiger charge is -2.19. The van der Waals surface area contributed by atoms with E-state index in [0.29, 0.717) is 25.3 Å². The van der Waals surface area contributed by atoms with Gasteiger partial charge in [0, 0.05) is 31.8 Å². The van der Waals surface area contributed by atoms with Crippen LogP contribution < -0.4 is 0 Å². The van der Waals surface area contributed by atoms with E-state index in [9.17, 15) is 0 Å². The Balaban J connectivity index is 2.59. The van der Waals surface area contributed by atoms with E-state index in [1.165, 1.54) is 0 Å². The number of nitrogens with zero attached hydrogens (tertiary/aromatic N) is 3. The predicted molar refractivity (Wildman–Crippen MR) is 60.6 cm³/mol. The van der Waals surface area contributed by atoms with Crippen LogP contribution in [0.4, 0.5) is 5.69 Å². The Labute approximate surface area is 94.6 Å².